The van der Waals surface area contributed by atoms with Gasteiger partial charge in [0.1, 0.15) is 19.8 Å². The molecule has 0 aliphatic heterocycles. The maximum Gasteiger partial charge on any atom is 0.330 e. The van der Waals surface area contributed by atoms with Gasteiger partial charge in [-0.15, -0.1) is 12.8 Å². The smallest absolute Gasteiger partial charge is 0.330 e. The van der Waals surface area contributed by atoms with Crippen LogP contribution in [0.15, 0.2) is 25.3 Å². The summed E-state index contributed by atoms with van der Waals surface area (Å²) in [6.45, 7) is 7.84. The van der Waals surface area contributed by atoms with Crippen molar-refractivity contribution >= 4 is 11.9 Å². The fourth-order valence-corrected chi connectivity index (χ4v) is 0.670. The Morgan fingerprint density at radius 2 is 1.41 bits per heavy atom. The zero-order chi connectivity index (χ0) is 21.1. The summed E-state index contributed by atoms with van der Waals surface area (Å²) in [5, 5.41) is 15.1. The van der Waals surface area contributed by atoms with E-state index < -0.39 is 11.9 Å². The topological polar surface area (TPSA) is 112 Å². The molecular weight excluding hydrogens is 356 g/mol. The fourth-order valence-electron chi connectivity index (χ4n) is 0.670. The SMILES string of the molecule is C.C#CCOCCO.C#CCOCCOC(=O)C=C.C=CC(=O)OC.CO. The largest absolute Gasteiger partial charge is 0.466 e. The normalized spacial score (nSPS) is 7.19. The zero-order valence-electron chi connectivity index (χ0n) is 15.3. The van der Waals surface area contributed by atoms with Crippen LogP contribution in [0.25, 0.3) is 0 Å². The van der Waals surface area contributed by atoms with E-state index in [1.54, 1.807) is 0 Å². The zero-order valence-corrected chi connectivity index (χ0v) is 15.3. The summed E-state index contributed by atoms with van der Waals surface area (Å²) < 4.78 is 18.2. The van der Waals surface area contributed by atoms with Gasteiger partial charge in [0.2, 0.25) is 0 Å². The molecule has 8 nitrogen and oxygen atoms in total. The highest BCUT2D eigenvalue weighted by Crippen LogP contribution is 1.80. The summed E-state index contributed by atoms with van der Waals surface area (Å²) in [6.07, 6.45) is 11.9. The number of aliphatic hydroxyl groups is 2. The predicted octanol–water partition coefficient (Wildman–Crippen LogP) is 0.584. The molecular formula is C19H32O8. The first-order valence-electron chi connectivity index (χ1n) is 7.11. The third-order valence-electron chi connectivity index (χ3n) is 1.61. The van der Waals surface area contributed by atoms with Crippen molar-refractivity contribution in [2.75, 3.05) is 53.9 Å². The number of hydrogen-bond acceptors (Lipinski definition) is 8. The van der Waals surface area contributed by atoms with Gasteiger partial charge in [-0.1, -0.05) is 32.4 Å². The van der Waals surface area contributed by atoms with Crippen molar-refractivity contribution in [3.05, 3.63) is 25.3 Å². The molecule has 0 radical (unpaired) electrons. The van der Waals surface area contributed by atoms with E-state index in [2.05, 4.69) is 39.2 Å². The number of ether oxygens (including phenoxy) is 4. The highest BCUT2D eigenvalue weighted by Gasteiger charge is 1.93. The van der Waals surface area contributed by atoms with Gasteiger partial charge in [-0.3, -0.25) is 0 Å². The molecule has 156 valence electrons. The number of methoxy groups -OCH3 is 1. The van der Waals surface area contributed by atoms with E-state index in [9.17, 15) is 9.59 Å². The van der Waals surface area contributed by atoms with Gasteiger partial charge < -0.3 is 29.2 Å². The van der Waals surface area contributed by atoms with E-state index in [1.165, 1.54) is 7.11 Å². The Hall–Kier alpha value is -2.62. The molecule has 0 aromatic carbocycles. The number of terminal acetylenes is 2. The minimum atomic E-state index is -0.450. The van der Waals surface area contributed by atoms with Crippen molar-refractivity contribution in [3.63, 3.8) is 0 Å². The Morgan fingerprint density at radius 1 is 0.963 bits per heavy atom. The molecule has 0 atom stereocenters. The van der Waals surface area contributed by atoms with Gasteiger partial charge in [0.25, 0.3) is 0 Å². The van der Waals surface area contributed by atoms with E-state index in [0.29, 0.717) is 19.8 Å². The van der Waals surface area contributed by atoms with E-state index in [1.807, 2.05) is 0 Å². The van der Waals surface area contributed by atoms with E-state index in [-0.39, 0.29) is 27.2 Å². The molecule has 0 aromatic heterocycles. The fraction of sp³-hybridized carbons (Fsp3) is 0.474. The Bertz CT molecular complexity index is 418. The van der Waals surface area contributed by atoms with Crippen LogP contribution in [0.4, 0.5) is 0 Å². The summed E-state index contributed by atoms with van der Waals surface area (Å²) in [4.78, 5) is 20.2. The average Bonchev–Trinajstić information content (AvgIpc) is 2.69. The second kappa shape index (κ2) is 38.8. The molecule has 0 unspecified atom stereocenters. The molecule has 0 fully saturated rings. The van der Waals surface area contributed by atoms with Crippen molar-refractivity contribution in [2.45, 2.75) is 7.43 Å². The number of rotatable bonds is 9. The lowest BCUT2D eigenvalue weighted by Gasteiger charge is -2.00. The quantitative estimate of drug-likeness (QED) is 0.255. The third kappa shape index (κ3) is 51.7. The van der Waals surface area contributed by atoms with E-state index >= 15 is 0 Å². The molecule has 0 spiro atoms. The minimum Gasteiger partial charge on any atom is -0.466 e. The van der Waals surface area contributed by atoms with Crippen LogP contribution >= 0.6 is 0 Å². The highest BCUT2D eigenvalue weighted by atomic mass is 16.6. The van der Waals surface area contributed by atoms with Crippen LogP contribution in [0, 0.1) is 24.7 Å². The number of carbonyl (C=O) groups is 2. The highest BCUT2D eigenvalue weighted by molar-refractivity contribution is 5.81. The first-order valence-corrected chi connectivity index (χ1v) is 7.11. The summed E-state index contributed by atoms with van der Waals surface area (Å²) in [5.41, 5.74) is 0. The van der Waals surface area contributed by atoms with Crippen molar-refractivity contribution in [2.24, 2.45) is 0 Å². The maximum atomic E-state index is 10.4. The number of carbonyl (C=O) groups excluding carboxylic acids is 2. The number of hydrogen-bond donors (Lipinski definition) is 2. The van der Waals surface area contributed by atoms with Crippen LogP contribution in [-0.2, 0) is 28.5 Å². The van der Waals surface area contributed by atoms with Gasteiger partial charge in [0.15, 0.2) is 0 Å². The lowest BCUT2D eigenvalue weighted by molar-refractivity contribution is -0.139. The summed E-state index contributed by atoms with van der Waals surface area (Å²) >= 11 is 0. The predicted molar refractivity (Wildman–Crippen MR) is 105 cm³/mol. The van der Waals surface area contributed by atoms with Crippen LogP contribution in [0.1, 0.15) is 7.43 Å². The molecule has 27 heavy (non-hydrogen) atoms. The lowest BCUT2D eigenvalue weighted by atomic mass is 10.6. The number of esters is 2. The van der Waals surface area contributed by atoms with Crippen molar-refractivity contribution in [1.82, 2.24) is 0 Å². The minimum absolute atomic E-state index is 0. The van der Waals surface area contributed by atoms with Crippen molar-refractivity contribution in [1.29, 1.82) is 0 Å². The molecule has 0 heterocycles. The monoisotopic (exact) mass is 388 g/mol. The van der Waals surface area contributed by atoms with E-state index in [0.717, 1.165) is 19.3 Å². The van der Waals surface area contributed by atoms with Gasteiger partial charge in [0.05, 0.1) is 26.9 Å². The average molecular weight is 388 g/mol. The van der Waals surface area contributed by atoms with Gasteiger partial charge >= 0.3 is 11.9 Å². The third-order valence-corrected chi connectivity index (χ3v) is 1.61. The Kier molecular flexibility index (Phi) is 50.9. The molecule has 0 aliphatic carbocycles. The van der Waals surface area contributed by atoms with Crippen LogP contribution in [0.5, 0.6) is 0 Å². The molecule has 0 bridgehead atoms. The molecule has 0 saturated carbocycles. The molecule has 0 amide bonds. The van der Waals surface area contributed by atoms with E-state index in [4.69, 9.17) is 27.8 Å². The van der Waals surface area contributed by atoms with Gasteiger partial charge in [-0.2, -0.15) is 0 Å². The molecule has 8 heteroatoms. The Balaban J connectivity index is -0.0000000882. The molecule has 2 N–H and O–H groups in total. The van der Waals surface area contributed by atoms with Crippen LogP contribution in [-0.4, -0.2) is 76.0 Å². The second-order valence-corrected chi connectivity index (χ2v) is 3.34. The van der Waals surface area contributed by atoms with Gasteiger partial charge in [-0.25, -0.2) is 9.59 Å². The Labute approximate surface area is 162 Å². The van der Waals surface area contributed by atoms with Crippen LogP contribution in [0.2, 0.25) is 0 Å². The number of aliphatic hydroxyl groups excluding tert-OH is 2. The second-order valence-electron chi connectivity index (χ2n) is 3.34. The molecule has 0 aromatic rings. The molecule has 0 saturated heterocycles. The maximum absolute atomic E-state index is 10.4. The van der Waals surface area contributed by atoms with Crippen LogP contribution in [0.3, 0.4) is 0 Å². The van der Waals surface area contributed by atoms with Crippen molar-refractivity contribution in [3.8, 4) is 24.7 Å². The summed E-state index contributed by atoms with van der Waals surface area (Å²) in [5.74, 6) is 3.71. The van der Waals surface area contributed by atoms with Gasteiger partial charge in [-0.05, 0) is 0 Å². The molecule has 0 aliphatic rings. The standard InChI is InChI=1S/C8H10O3.C5H8O2.C4H6O2.CH4O.CH4/c1-3-5-10-6-7-11-8(9)4-2;1-2-4-7-5-3-6;1-3-4(5)6-2;1-2;/h1,4H,2,5-7H2;1,6H,3-5H2;3H,1H2,2H3;2H,1H3;1H4. The Morgan fingerprint density at radius 3 is 1.70 bits per heavy atom. The van der Waals surface area contributed by atoms with Crippen LogP contribution < -0.4 is 0 Å². The first-order chi connectivity index (χ1) is 12.5. The summed E-state index contributed by atoms with van der Waals surface area (Å²) in [6, 6.07) is 0. The summed E-state index contributed by atoms with van der Waals surface area (Å²) in [7, 11) is 2.31. The molecule has 0 rings (SSSR count). The first kappa shape index (κ1) is 35.5. The van der Waals surface area contributed by atoms with Gasteiger partial charge in [0, 0.05) is 19.3 Å². The lowest BCUT2D eigenvalue weighted by Crippen LogP contribution is -2.08. The van der Waals surface area contributed by atoms with Crippen molar-refractivity contribution < 1.29 is 38.7 Å².